The summed E-state index contributed by atoms with van der Waals surface area (Å²) in [4.78, 5) is 7.28. The van der Waals surface area contributed by atoms with Crippen molar-refractivity contribution >= 4 is 11.8 Å². The molecule has 0 fully saturated rings. The number of benzene rings is 1. The Hall–Kier alpha value is -2.49. The van der Waals surface area contributed by atoms with Crippen LogP contribution < -0.4 is 0 Å². The zero-order valence-corrected chi connectivity index (χ0v) is 11.6. The molecule has 3 rings (SSSR count). The summed E-state index contributed by atoms with van der Waals surface area (Å²) in [6, 6.07) is 9.78. The molecule has 0 saturated heterocycles. The van der Waals surface area contributed by atoms with Crippen molar-refractivity contribution in [2.75, 3.05) is 0 Å². The van der Waals surface area contributed by atoms with Gasteiger partial charge >= 0.3 is 6.18 Å². The topological polar surface area (TPSA) is 69.4 Å². The number of hydrogen-bond acceptors (Lipinski definition) is 6. The molecule has 6 nitrogen and oxygen atoms in total. The number of hydrogen-bond donors (Lipinski definition) is 0. The number of nitrogens with zero attached hydrogens (tertiary/aromatic N) is 6. The van der Waals surface area contributed by atoms with Crippen LogP contribution in [0.3, 0.4) is 0 Å². The third kappa shape index (κ3) is 3.06. The predicted molar refractivity (Wildman–Crippen MR) is 70.3 cm³/mol. The molecule has 1 aromatic carbocycles. The summed E-state index contributed by atoms with van der Waals surface area (Å²) >= 11 is 0.851. The number of halogens is 3. The number of aromatic nitrogens is 6. The van der Waals surface area contributed by atoms with Crippen molar-refractivity contribution in [3.8, 4) is 5.69 Å². The molecule has 0 radical (unpaired) electrons. The van der Waals surface area contributed by atoms with E-state index in [0.29, 0.717) is 5.69 Å². The fraction of sp³-hybridized carbons (Fsp3) is 0.0833. The average Bonchev–Trinajstić information content (AvgIpc) is 2.96. The molecule has 0 unspecified atom stereocenters. The van der Waals surface area contributed by atoms with Crippen molar-refractivity contribution in [2.24, 2.45) is 0 Å². The van der Waals surface area contributed by atoms with Crippen molar-refractivity contribution in [1.29, 1.82) is 0 Å². The minimum atomic E-state index is -4.52. The molecule has 0 N–H and O–H groups in total. The van der Waals surface area contributed by atoms with Crippen LogP contribution >= 0.6 is 11.8 Å². The first kappa shape index (κ1) is 14.4. The van der Waals surface area contributed by atoms with E-state index >= 15 is 0 Å². The standard InChI is InChI=1S/C12H7F3N6S/c13-12(14,15)9-6-7-16-10(17-9)22-11-18-19-20-21(11)8-4-2-1-3-5-8/h1-7H. The molecule has 112 valence electrons. The normalized spacial score (nSPS) is 11.6. The molecule has 0 spiro atoms. The molecule has 0 amide bonds. The molecule has 0 aliphatic heterocycles. The van der Waals surface area contributed by atoms with E-state index in [4.69, 9.17) is 0 Å². The van der Waals surface area contributed by atoms with E-state index < -0.39 is 11.9 Å². The van der Waals surface area contributed by atoms with E-state index in [1.54, 1.807) is 24.3 Å². The highest BCUT2D eigenvalue weighted by Gasteiger charge is 2.33. The van der Waals surface area contributed by atoms with E-state index in [-0.39, 0.29) is 10.3 Å². The summed E-state index contributed by atoms with van der Waals surface area (Å²) in [6.45, 7) is 0. The van der Waals surface area contributed by atoms with E-state index in [1.807, 2.05) is 6.07 Å². The fourth-order valence-electron chi connectivity index (χ4n) is 1.60. The summed E-state index contributed by atoms with van der Waals surface area (Å²) in [6.07, 6.45) is -3.47. The van der Waals surface area contributed by atoms with Crippen molar-refractivity contribution < 1.29 is 13.2 Å². The highest BCUT2D eigenvalue weighted by molar-refractivity contribution is 7.99. The largest absolute Gasteiger partial charge is 0.433 e. The maximum Gasteiger partial charge on any atom is 0.433 e. The monoisotopic (exact) mass is 324 g/mol. The molecule has 2 heterocycles. The lowest BCUT2D eigenvalue weighted by Crippen LogP contribution is -2.09. The Kier molecular flexibility index (Phi) is 3.75. The van der Waals surface area contributed by atoms with Gasteiger partial charge in [0.15, 0.2) is 5.16 Å². The number of rotatable bonds is 3. The second-order valence-electron chi connectivity index (χ2n) is 4.03. The molecule has 0 atom stereocenters. The van der Waals surface area contributed by atoms with E-state index in [1.165, 1.54) is 4.68 Å². The highest BCUT2D eigenvalue weighted by atomic mass is 32.2. The zero-order valence-electron chi connectivity index (χ0n) is 10.8. The van der Waals surface area contributed by atoms with Crippen LogP contribution in [-0.4, -0.2) is 30.2 Å². The van der Waals surface area contributed by atoms with E-state index in [2.05, 4.69) is 25.5 Å². The SMILES string of the molecule is FC(F)(F)c1ccnc(Sc2nnnn2-c2ccccc2)n1. The van der Waals surface area contributed by atoms with Gasteiger partial charge in [-0.05, 0) is 40.4 Å². The molecule has 2 aromatic heterocycles. The van der Waals surface area contributed by atoms with Crippen molar-refractivity contribution in [3.05, 3.63) is 48.3 Å². The van der Waals surface area contributed by atoms with Gasteiger partial charge in [0, 0.05) is 6.20 Å². The van der Waals surface area contributed by atoms with Gasteiger partial charge in [-0.1, -0.05) is 18.2 Å². The van der Waals surface area contributed by atoms with Crippen LogP contribution in [-0.2, 0) is 6.18 Å². The van der Waals surface area contributed by atoms with Gasteiger partial charge in [-0.15, -0.1) is 5.10 Å². The molecule has 10 heteroatoms. The fourth-order valence-corrected chi connectivity index (χ4v) is 2.33. The molecule has 0 saturated carbocycles. The Morgan fingerprint density at radius 1 is 1.05 bits per heavy atom. The molecular weight excluding hydrogens is 317 g/mol. The van der Waals surface area contributed by atoms with Crippen LogP contribution in [0.25, 0.3) is 5.69 Å². The second-order valence-corrected chi connectivity index (χ2v) is 4.97. The van der Waals surface area contributed by atoms with E-state index in [0.717, 1.165) is 24.0 Å². The van der Waals surface area contributed by atoms with Crippen LogP contribution in [0.2, 0.25) is 0 Å². The van der Waals surface area contributed by atoms with Crippen molar-refractivity contribution in [3.63, 3.8) is 0 Å². The van der Waals surface area contributed by atoms with Gasteiger partial charge in [0.05, 0.1) is 5.69 Å². The molecule has 0 aliphatic carbocycles. The van der Waals surface area contributed by atoms with Crippen LogP contribution in [0.5, 0.6) is 0 Å². The van der Waals surface area contributed by atoms with Gasteiger partial charge < -0.3 is 0 Å². The summed E-state index contributed by atoms with van der Waals surface area (Å²) < 4.78 is 39.3. The third-order valence-corrected chi connectivity index (χ3v) is 3.36. The quantitative estimate of drug-likeness (QED) is 0.690. The summed E-state index contributed by atoms with van der Waals surface area (Å²) in [5.41, 5.74) is -0.328. The Bertz CT molecular complexity index is 774. The van der Waals surface area contributed by atoms with Gasteiger partial charge in [0.1, 0.15) is 5.69 Å². The second kappa shape index (κ2) is 5.72. The predicted octanol–water partition coefficient (Wildman–Crippen LogP) is 2.62. The lowest BCUT2D eigenvalue weighted by Gasteiger charge is -2.06. The summed E-state index contributed by atoms with van der Waals surface area (Å²) in [7, 11) is 0. The Balaban J connectivity index is 1.91. The Morgan fingerprint density at radius 3 is 2.55 bits per heavy atom. The van der Waals surface area contributed by atoms with Crippen molar-refractivity contribution in [2.45, 2.75) is 16.5 Å². The highest BCUT2D eigenvalue weighted by Crippen LogP contribution is 2.30. The van der Waals surface area contributed by atoms with E-state index in [9.17, 15) is 13.2 Å². The minimum absolute atomic E-state index is 0.0817. The maximum absolute atomic E-state index is 12.6. The van der Waals surface area contributed by atoms with Gasteiger partial charge in [-0.3, -0.25) is 0 Å². The summed E-state index contributed by atoms with van der Waals surface area (Å²) in [5, 5.41) is 11.3. The average molecular weight is 324 g/mol. The first-order chi connectivity index (χ1) is 10.5. The third-order valence-electron chi connectivity index (χ3n) is 2.55. The molecule has 3 aromatic rings. The van der Waals surface area contributed by atoms with Crippen LogP contribution in [0.15, 0.2) is 52.9 Å². The first-order valence-corrected chi connectivity index (χ1v) is 6.77. The molecule has 22 heavy (non-hydrogen) atoms. The lowest BCUT2D eigenvalue weighted by atomic mass is 10.3. The first-order valence-electron chi connectivity index (χ1n) is 5.96. The van der Waals surface area contributed by atoms with Gasteiger partial charge in [-0.2, -0.15) is 17.9 Å². The Morgan fingerprint density at radius 2 is 1.82 bits per heavy atom. The number of alkyl halides is 3. The zero-order chi connectivity index (χ0) is 15.6. The number of tetrazole rings is 1. The van der Waals surface area contributed by atoms with Gasteiger partial charge in [0.25, 0.3) is 0 Å². The molecule has 0 bridgehead atoms. The van der Waals surface area contributed by atoms with Crippen LogP contribution in [0.4, 0.5) is 13.2 Å². The minimum Gasteiger partial charge on any atom is -0.231 e. The van der Waals surface area contributed by atoms with Crippen molar-refractivity contribution in [1.82, 2.24) is 30.2 Å². The Labute approximate surface area is 126 Å². The maximum atomic E-state index is 12.6. The smallest absolute Gasteiger partial charge is 0.231 e. The van der Waals surface area contributed by atoms with Gasteiger partial charge in [-0.25, -0.2) is 9.97 Å². The lowest BCUT2D eigenvalue weighted by molar-refractivity contribution is -0.141. The van der Waals surface area contributed by atoms with Crippen LogP contribution in [0, 0.1) is 0 Å². The number of para-hydroxylation sites is 1. The summed E-state index contributed by atoms with van der Waals surface area (Å²) in [5.74, 6) is 0. The molecule has 0 aliphatic rings. The van der Waals surface area contributed by atoms with Gasteiger partial charge in [0.2, 0.25) is 5.16 Å². The molecular formula is C12H7F3N6S. The van der Waals surface area contributed by atoms with Crippen LogP contribution in [0.1, 0.15) is 5.69 Å².